The fourth-order valence-electron chi connectivity index (χ4n) is 7.55. The van der Waals surface area contributed by atoms with Gasteiger partial charge in [-0.1, -0.05) is 26.3 Å². The molecule has 0 saturated heterocycles. The molecule has 0 heterocycles. The summed E-state index contributed by atoms with van der Waals surface area (Å²) >= 11 is 0. The molecular formula is C22H34O2. The predicted octanol–water partition coefficient (Wildman–Crippen LogP) is 4.91. The summed E-state index contributed by atoms with van der Waals surface area (Å²) in [7, 11) is 0. The summed E-state index contributed by atoms with van der Waals surface area (Å²) < 4.78 is 0. The van der Waals surface area contributed by atoms with E-state index in [1.807, 2.05) is 13.0 Å². The smallest absolute Gasteiger partial charge is 0.155 e. The van der Waals surface area contributed by atoms with Crippen molar-refractivity contribution in [3.8, 4) is 0 Å². The van der Waals surface area contributed by atoms with E-state index in [9.17, 15) is 9.90 Å². The lowest BCUT2D eigenvalue weighted by atomic mass is 9.45. The van der Waals surface area contributed by atoms with Crippen LogP contribution in [-0.4, -0.2) is 17.0 Å². The second kappa shape index (κ2) is 5.19. The molecule has 7 atom stereocenters. The van der Waals surface area contributed by atoms with Gasteiger partial charge in [-0.15, -0.1) is 0 Å². The highest BCUT2D eigenvalue weighted by molar-refractivity contribution is 5.91. The molecule has 3 fully saturated rings. The molecule has 0 amide bonds. The van der Waals surface area contributed by atoms with Crippen LogP contribution in [0, 0.1) is 34.0 Å². The third-order valence-electron chi connectivity index (χ3n) is 9.55. The van der Waals surface area contributed by atoms with E-state index in [0.717, 1.165) is 37.0 Å². The Bertz CT molecular complexity index is 591. The van der Waals surface area contributed by atoms with Crippen LogP contribution >= 0.6 is 0 Å². The second-order valence-corrected chi connectivity index (χ2v) is 10.1. The minimum Gasteiger partial charge on any atom is -0.393 e. The molecule has 0 aliphatic heterocycles. The fraction of sp³-hybridized carbons (Fsp3) is 0.864. The lowest BCUT2D eigenvalue weighted by Crippen LogP contribution is -2.54. The zero-order valence-corrected chi connectivity index (χ0v) is 15.9. The van der Waals surface area contributed by atoms with Crippen molar-refractivity contribution >= 4 is 5.78 Å². The molecule has 0 aromatic carbocycles. The van der Waals surface area contributed by atoms with E-state index < -0.39 is 0 Å². The maximum absolute atomic E-state index is 11.9. The molecule has 4 rings (SSSR count). The van der Waals surface area contributed by atoms with Crippen LogP contribution in [0.5, 0.6) is 0 Å². The molecule has 6 unspecified atom stereocenters. The summed E-state index contributed by atoms with van der Waals surface area (Å²) in [5, 5.41) is 10.5. The summed E-state index contributed by atoms with van der Waals surface area (Å²) in [6, 6.07) is 0. The van der Waals surface area contributed by atoms with Crippen molar-refractivity contribution in [1.82, 2.24) is 0 Å². The Morgan fingerprint density at radius 3 is 2.46 bits per heavy atom. The van der Waals surface area contributed by atoms with Gasteiger partial charge in [0.15, 0.2) is 5.78 Å². The summed E-state index contributed by atoms with van der Waals surface area (Å²) in [6.07, 6.45) is 11.0. The first-order chi connectivity index (χ1) is 11.2. The molecule has 0 radical (unpaired) electrons. The summed E-state index contributed by atoms with van der Waals surface area (Å²) in [4.78, 5) is 11.9. The number of hydrogen-bond acceptors (Lipinski definition) is 2. The number of rotatable bonds is 1. The van der Waals surface area contributed by atoms with Crippen molar-refractivity contribution in [3.63, 3.8) is 0 Å². The molecule has 2 heteroatoms. The second-order valence-electron chi connectivity index (χ2n) is 10.1. The van der Waals surface area contributed by atoms with E-state index in [2.05, 4.69) is 20.8 Å². The number of aliphatic hydroxyl groups is 1. The van der Waals surface area contributed by atoms with Gasteiger partial charge >= 0.3 is 0 Å². The molecular weight excluding hydrogens is 296 g/mol. The number of carbonyl (C=O) groups is 1. The zero-order valence-electron chi connectivity index (χ0n) is 15.9. The average Bonchev–Trinajstić information content (AvgIpc) is 2.81. The number of fused-ring (bicyclic) bond motifs is 5. The van der Waals surface area contributed by atoms with Crippen LogP contribution in [0.2, 0.25) is 0 Å². The van der Waals surface area contributed by atoms with Gasteiger partial charge in [0.2, 0.25) is 0 Å². The maximum atomic E-state index is 11.9. The first-order valence-corrected chi connectivity index (χ1v) is 10.1. The first kappa shape index (κ1) is 16.8. The van der Waals surface area contributed by atoms with E-state index >= 15 is 0 Å². The maximum Gasteiger partial charge on any atom is 0.155 e. The molecule has 4 aliphatic rings. The predicted molar refractivity (Wildman–Crippen MR) is 96.5 cm³/mol. The highest BCUT2D eigenvalue weighted by Crippen LogP contribution is 2.70. The fourth-order valence-corrected chi connectivity index (χ4v) is 7.55. The van der Waals surface area contributed by atoms with Gasteiger partial charge in [-0.2, -0.15) is 0 Å². The Morgan fingerprint density at radius 1 is 1.04 bits per heavy atom. The van der Waals surface area contributed by atoms with Crippen LogP contribution in [0.25, 0.3) is 0 Å². The van der Waals surface area contributed by atoms with Gasteiger partial charge in [0.25, 0.3) is 0 Å². The minimum atomic E-state index is -0.217. The Hall–Kier alpha value is -0.630. The topological polar surface area (TPSA) is 37.3 Å². The largest absolute Gasteiger partial charge is 0.393 e. The molecule has 3 saturated carbocycles. The van der Waals surface area contributed by atoms with Crippen molar-refractivity contribution < 1.29 is 9.90 Å². The highest BCUT2D eigenvalue weighted by Gasteiger charge is 2.63. The van der Waals surface area contributed by atoms with Crippen LogP contribution in [0.1, 0.15) is 79.1 Å². The van der Waals surface area contributed by atoms with E-state index in [-0.39, 0.29) is 22.3 Å². The lowest BCUT2D eigenvalue weighted by molar-refractivity contribution is -0.121. The number of hydrogen-bond donors (Lipinski definition) is 1. The van der Waals surface area contributed by atoms with Gasteiger partial charge in [0.1, 0.15) is 0 Å². The Kier molecular flexibility index (Phi) is 3.64. The monoisotopic (exact) mass is 330 g/mol. The van der Waals surface area contributed by atoms with E-state index in [4.69, 9.17) is 0 Å². The van der Waals surface area contributed by atoms with Gasteiger partial charge in [0, 0.05) is 6.42 Å². The molecule has 1 N–H and O–H groups in total. The third kappa shape index (κ3) is 1.95. The van der Waals surface area contributed by atoms with Gasteiger partial charge in [-0.05, 0) is 91.9 Å². The Labute approximate surface area is 147 Å². The average molecular weight is 331 g/mol. The van der Waals surface area contributed by atoms with Crippen LogP contribution < -0.4 is 0 Å². The molecule has 24 heavy (non-hydrogen) atoms. The summed E-state index contributed by atoms with van der Waals surface area (Å²) in [5.74, 6) is 2.65. The molecule has 0 bridgehead atoms. The van der Waals surface area contributed by atoms with Gasteiger partial charge in [0.05, 0.1) is 6.10 Å². The first-order valence-electron chi connectivity index (χ1n) is 10.1. The van der Waals surface area contributed by atoms with E-state index in [0.29, 0.717) is 5.78 Å². The van der Waals surface area contributed by atoms with Gasteiger partial charge in [-0.3, -0.25) is 4.79 Å². The lowest BCUT2D eigenvalue weighted by Gasteiger charge is -2.60. The van der Waals surface area contributed by atoms with Gasteiger partial charge < -0.3 is 5.11 Å². The number of aliphatic hydroxyl groups excluding tert-OH is 1. The highest BCUT2D eigenvalue weighted by atomic mass is 16.3. The third-order valence-corrected chi connectivity index (χ3v) is 9.55. The van der Waals surface area contributed by atoms with Gasteiger partial charge in [-0.25, -0.2) is 0 Å². The quantitative estimate of drug-likeness (QED) is 0.742. The van der Waals surface area contributed by atoms with Crippen molar-refractivity contribution in [3.05, 3.63) is 11.6 Å². The molecule has 2 nitrogen and oxygen atoms in total. The van der Waals surface area contributed by atoms with Crippen molar-refractivity contribution in [1.29, 1.82) is 0 Å². The zero-order chi connectivity index (χ0) is 17.3. The van der Waals surface area contributed by atoms with Crippen LogP contribution in [-0.2, 0) is 4.79 Å². The molecule has 0 spiro atoms. The summed E-state index contributed by atoms with van der Waals surface area (Å²) in [5.41, 5.74) is 2.08. The standard InChI is InChI=1S/C22H34O2/c1-14(23)21(3)11-9-19-17-6-5-15-13-16(24)7-10-20(15,2)18(17)8-12-22(19,21)4/h13-14,17-19,23H,5-12H2,1-4H3/t14?,17?,18?,19?,20?,21-,22?/m1/s1. The molecule has 134 valence electrons. The molecule has 4 aliphatic carbocycles. The molecule has 0 aromatic heterocycles. The summed E-state index contributed by atoms with van der Waals surface area (Å²) in [6.45, 7) is 9.28. The van der Waals surface area contributed by atoms with Crippen LogP contribution in [0.4, 0.5) is 0 Å². The minimum absolute atomic E-state index is 0.0716. The van der Waals surface area contributed by atoms with Crippen molar-refractivity contribution in [2.24, 2.45) is 34.0 Å². The SMILES string of the molecule is CC(O)[C@@]1(C)CCC2C3CCC4=CC(=O)CCC4(C)C3CCC21C. The number of allylic oxidation sites excluding steroid dienone is 1. The molecule has 0 aromatic rings. The normalized spacial score (nSPS) is 52.1. The number of carbonyl (C=O) groups excluding carboxylic acids is 1. The Morgan fingerprint density at radius 2 is 1.75 bits per heavy atom. The van der Waals surface area contributed by atoms with Crippen molar-refractivity contribution in [2.45, 2.75) is 85.2 Å². The van der Waals surface area contributed by atoms with E-state index in [1.54, 1.807) is 0 Å². The Balaban J connectivity index is 1.69. The van der Waals surface area contributed by atoms with Crippen LogP contribution in [0.3, 0.4) is 0 Å². The van der Waals surface area contributed by atoms with E-state index in [1.165, 1.54) is 37.7 Å². The van der Waals surface area contributed by atoms with Crippen LogP contribution in [0.15, 0.2) is 11.6 Å². The van der Waals surface area contributed by atoms with Crippen molar-refractivity contribution in [2.75, 3.05) is 0 Å². The number of ketones is 1.